The van der Waals surface area contributed by atoms with Crippen LogP contribution in [0.5, 0.6) is 0 Å². The second kappa shape index (κ2) is 8.29. The number of hydrogen-bond donors (Lipinski definition) is 1. The second-order valence-corrected chi connectivity index (χ2v) is 5.71. The van der Waals surface area contributed by atoms with Crippen LogP contribution in [0.25, 0.3) is 0 Å². The van der Waals surface area contributed by atoms with Gasteiger partial charge in [0.2, 0.25) is 5.91 Å². The number of ether oxygens (including phenoxy) is 1. The van der Waals surface area contributed by atoms with Crippen LogP contribution in [0, 0.1) is 0 Å². The van der Waals surface area contributed by atoms with E-state index in [1.165, 1.54) is 4.90 Å². The van der Waals surface area contributed by atoms with Gasteiger partial charge in [-0.25, -0.2) is 0 Å². The van der Waals surface area contributed by atoms with Gasteiger partial charge in [-0.15, -0.1) is 11.8 Å². The summed E-state index contributed by atoms with van der Waals surface area (Å²) in [4.78, 5) is 15.4. The summed E-state index contributed by atoms with van der Waals surface area (Å²) in [5.41, 5.74) is 1.06. The summed E-state index contributed by atoms with van der Waals surface area (Å²) in [6.45, 7) is 5.14. The van der Waals surface area contributed by atoms with Gasteiger partial charge in [0.25, 0.3) is 0 Å². The van der Waals surface area contributed by atoms with Gasteiger partial charge in [0.05, 0.1) is 19.6 Å². The fourth-order valence-corrected chi connectivity index (χ4v) is 2.58. The standard InChI is InChI=1S/C15H22N2O2S/c1-20-14-4-2-13(3-5-14)12-15(18)16-6-7-17-8-10-19-11-9-17/h2-5H,6-12H2,1H3,(H,16,18). The molecule has 1 aromatic rings. The van der Waals surface area contributed by atoms with Crippen molar-refractivity contribution in [3.8, 4) is 0 Å². The fourth-order valence-electron chi connectivity index (χ4n) is 2.17. The normalized spacial score (nSPS) is 16.1. The molecule has 5 heteroatoms. The first-order valence-electron chi connectivity index (χ1n) is 6.97. The Morgan fingerprint density at radius 3 is 2.65 bits per heavy atom. The molecule has 2 rings (SSSR count). The van der Waals surface area contributed by atoms with Crippen LogP contribution in [0.4, 0.5) is 0 Å². The molecule has 0 aromatic heterocycles. The third-order valence-corrected chi connectivity index (χ3v) is 4.12. The lowest BCUT2D eigenvalue weighted by molar-refractivity contribution is -0.120. The highest BCUT2D eigenvalue weighted by molar-refractivity contribution is 7.98. The molecule has 110 valence electrons. The van der Waals surface area contributed by atoms with E-state index in [0.29, 0.717) is 13.0 Å². The molecule has 0 aliphatic carbocycles. The minimum Gasteiger partial charge on any atom is -0.379 e. The average molecular weight is 294 g/mol. The van der Waals surface area contributed by atoms with Crippen molar-refractivity contribution in [3.63, 3.8) is 0 Å². The lowest BCUT2D eigenvalue weighted by atomic mass is 10.1. The number of carbonyl (C=O) groups is 1. The Morgan fingerprint density at radius 1 is 1.30 bits per heavy atom. The zero-order chi connectivity index (χ0) is 14.2. The number of thioether (sulfide) groups is 1. The van der Waals surface area contributed by atoms with Gasteiger partial charge in [0.15, 0.2) is 0 Å². The fraction of sp³-hybridized carbons (Fsp3) is 0.533. The van der Waals surface area contributed by atoms with Gasteiger partial charge in [-0.3, -0.25) is 9.69 Å². The molecule has 1 heterocycles. The zero-order valence-corrected chi connectivity index (χ0v) is 12.7. The number of nitrogens with one attached hydrogen (secondary N) is 1. The van der Waals surface area contributed by atoms with Crippen LogP contribution >= 0.6 is 11.8 Å². The van der Waals surface area contributed by atoms with Crippen LogP contribution in [-0.4, -0.2) is 56.5 Å². The molecule has 20 heavy (non-hydrogen) atoms. The van der Waals surface area contributed by atoms with Gasteiger partial charge in [0.1, 0.15) is 0 Å². The van der Waals surface area contributed by atoms with E-state index in [1.807, 2.05) is 18.4 Å². The van der Waals surface area contributed by atoms with Crippen LogP contribution in [-0.2, 0) is 16.0 Å². The second-order valence-electron chi connectivity index (χ2n) is 4.83. The zero-order valence-electron chi connectivity index (χ0n) is 11.9. The van der Waals surface area contributed by atoms with Crippen molar-refractivity contribution in [3.05, 3.63) is 29.8 Å². The number of benzene rings is 1. The number of nitrogens with zero attached hydrogens (tertiary/aromatic N) is 1. The Balaban J connectivity index is 1.66. The van der Waals surface area contributed by atoms with E-state index in [4.69, 9.17) is 4.74 Å². The summed E-state index contributed by atoms with van der Waals surface area (Å²) in [7, 11) is 0. The lowest BCUT2D eigenvalue weighted by Crippen LogP contribution is -2.41. The van der Waals surface area contributed by atoms with E-state index < -0.39 is 0 Å². The maximum atomic E-state index is 11.8. The van der Waals surface area contributed by atoms with Gasteiger partial charge < -0.3 is 10.1 Å². The van der Waals surface area contributed by atoms with Crippen molar-refractivity contribution >= 4 is 17.7 Å². The molecule has 1 amide bonds. The quantitative estimate of drug-likeness (QED) is 0.805. The van der Waals surface area contributed by atoms with Crippen molar-refractivity contribution in [1.29, 1.82) is 0 Å². The molecule has 1 aliphatic rings. The Labute approximate surface area is 124 Å². The first-order valence-corrected chi connectivity index (χ1v) is 8.20. The number of amides is 1. The minimum atomic E-state index is 0.0927. The van der Waals surface area contributed by atoms with Crippen molar-refractivity contribution < 1.29 is 9.53 Å². The Kier molecular flexibility index (Phi) is 6.36. The van der Waals surface area contributed by atoms with Crippen molar-refractivity contribution in [2.75, 3.05) is 45.6 Å². The van der Waals surface area contributed by atoms with E-state index in [2.05, 4.69) is 22.3 Å². The summed E-state index contributed by atoms with van der Waals surface area (Å²) in [6, 6.07) is 8.16. The van der Waals surface area contributed by atoms with Gasteiger partial charge in [0, 0.05) is 31.1 Å². The van der Waals surface area contributed by atoms with Crippen LogP contribution in [0.15, 0.2) is 29.2 Å². The number of hydrogen-bond acceptors (Lipinski definition) is 4. The molecule has 1 aliphatic heterocycles. The van der Waals surface area contributed by atoms with E-state index >= 15 is 0 Å². The first-order chi connectivity index (χ1) is 9.78. The molecule has 0 radical (unpaired) electrons. The predicted molar refractivity (Wildman–Crippen MR) is 82.2 cm³/mol. The van der Waals surface area contributed by atoms with E-state index in [1.54, 1.807) is 11.8 Å². The van der Waals surface area contributed by atoms with Crippen LogP contribution in [0.3, 0.4) is 0 Å². The summed E-state index contributed by atoms with van der Waals surface area (Å²) in [6.07, 6.45) is 2.51. The van der Waals surface area contributed by atoms with Gasteiger partial charge >= 0.3 is 0 Å². The molecule has 1 fully saturated rings. The van der Waals surface area contributed by atoms with E-state index in [0.717, 1.165) is 38.4 Å². The molecular weight excluding hydrogens is 272 g/mol. The molecule has 0 spiro atoms. The van der Waals surface area contributed by atoms with E-state index in [9.17, 15) is 4.79 Å². The SMILES string of the molecule is CSc1ccc(CC(=O)NCCN2CCOCC2)cc1. The number of morpholine rings is 1. The van der Waals surface area contributed by atoms with Crippen molar-refractivity contribution in [2.24, 2.45) is 0 Å². The Bertz CT molecular complexity index is 416. The van der Waals surface area contributed by atoms with E-state index in [-0.39, 0.29) is 5.91 Å². The molecule has 1 aromatic carbocycles. The molecule has 0 bridgehead atoms. The summed E-state index contributed by atoms with van der Waals surface area (Å²) in [5, 5.41) is 2.98. The predicted octanol–water partition coefficient (Wildman–Crippen LogP) is 1.40. The topological polar surface area (TPSA) is 41.6 Å². The molecule has 0 unspecified atom stereocenters. The molecule has 0 atom stereocenters. The highest BCUT2D eigenvalue weighted by Gasteiger charge is 2.10. The molecular formula is C15H22N2O2S. The molecule has 4 nitrogen and oxygen atoms in total. The highest BCUT2D eigenvalue weighted by atomic mass is 32.2. The van der Waals surface area contributed by atoms with Crippen molar-refractivity contribution in [2.45, 2.75) is 11.3 Å². The van der Waals surface area contributed by atoms with Crippen LogP contribution in [0.2, 0.25) is 0 Å². The van der Waals surface area contributed by atoms with Crippen LogP contribution < -0.4 is 5.32 Å². The van der Waals surface area contributed by atoms with Crippen LogP contribution in [0.1, 0.15) is 5.56 Å². The lowest BCUT2D eigenvalue weighted by Gasteiger charge is -2.26. The maximum Gasteiger partial charge on any atom is 0.224 e. The van der Waals surface area contributed by atoms with Gasteiger partial charge in [-0.2, -0.15) is 0 Å². The average Bonchev–Trinajstić information content (AvgIpc) is 2.49. The minimum absolute atomic E-state index is 0.0927. The maximum absolute atomic E-state index is 11.8. The largest absolute Gasteiger partial charge is 0.379 e. The van der Waals surface area contributed by atoms with Gasteiger partial charge in [-0.1, -0.05) is 12.1 Å². The number of carbonyl (C=O) groups excluding carboxylic acids is 1. The third kappa shape index (κ3) is 5.15. The third-order valence-electron chi connectivity index (χ3n) is 3.38. The molecule has 1 N–H and O–H groups in total. The first kappa shape index (κ1) is 15.4. The van der Waals surface area contributed by atoms with Gasteiger partial charge in [-0.05, 0) is 24.0 Å². The number of rotatable bonds is 6. The summed E-state index contributed by atoms with van der Waals surface area (Å²) < 4.78 is 5.29. The summed E-state index contributed by atoms with van der Waals surface area (Å²) >= 11 is 1.71. The molecule has 0 saturated carbocycles. The van der Waals surface area contributed by atoms with Crippen molar-refractivity contribution in [1.82, 2.24) is 10.2 Å². The monoisotopic (exact) mass is 294 g/mol. The Morgan fingerprint density at radius 2 is 2.00 bits per heavy atom. The Hall–Kier alpha value is -1.04. The summed E-state index contributed by atoms with van der Waals surface area (Å²) in [5.74, 6) is 0.0927. The smallest absolute Gasteiger partial charge is 0.224 e. The highest BCUT2D eigenvalue weighted by Crippen LogP contribution is 2.14. The molecule has 1 saturated heterocycles.